The first kappa shape index (κ1) is 22.5. The summed E-state index contributed by atoms with van der Waals surface area (Å²) in [5.41, 5.74) is -0.846. The maximum Gasteiger partial charge on any atom is 0.114 e. The molecule has 25 heavy (non-hydrogen) atoms. The molecular formula is C19H38N2O4. The third kappa shape index (κ3) is 9.68. The molecule has 148 valence electrons. The molecule has 6 heteroatoms. The van der Waals surface area contributed by atoms with E-state index >= 15 is 0 Å². The Balaban J connectivity index is 2.30. The second-order valence-corrected chi connectivity index (χ2v) is 7.00. The highest BCUT2D eigenvalue weighted by atomic mass is 16.5. The van der Waals surface area contributed by atoms with Crippen LogP contribution in [0.3, 0.4) is 0 Å². The topological polar surface area (TPSA) is 74.2 Å². The van der Waals surface area contributed by atoms with Crippen molar-refractivity contribution >= 4 is 0 Å². The Morgan fingerprint density at radius 1 is 1.32 bits per heavy atom. The second-order valence-electron chi connectivity index (χ2n) is 7.00. The van der Waals surface area contributed by atoms with E-state index in [-0.39, 0.29) is 18.9 Å². The van der Waals surface area contributed by atoms with Gasteiger partial charge in [0.2, 0.25) is 0 Å². The smallest absolute Gasteiger partial charge is 0.114 e. The highest BCUT2D eigenvalue weighted by Crippen LogP contribution is 2.19. The van der Waals surface area contributed by atoms with Gasteiger partial charge in [0.25, 0.3) is 0 Å². The lowest BCUT2D eigenvalue weighted by molar-refractivity contribution is -0.0533. The van der Waals surface area contributed by atoms with Crippen LogP contribution in [0, 0.1) is 0 Å². The zero-order valence-electron chi connectivity index (χ0n) is 16.1. The number of hydrogen-bond acceptors (Lipinski definition) is 6. The molecule has 0 aliphatic carbocycles. The third-order valence-corrected chi connectivity index (χ3v) is 4.55. The van der Waals surface area contributed by atoms with E-state index in [0.29, 0.717) is 26.2 Å². The van der Waals surface area contributed by atoms with Crippen LogP contribution in [0.2, 0.25) is 0 Å². The van der Waals surface area contributed by atoms with Gasteiger partial charge < -0.3 is 19.7 Å². The van der Waals surface area contributed by atoms with E-state index in [1.54, 1.807) is 0 Å². The lowest BCUT2D eigenvalue weighted by atomic mass is 10.0. The summed E-state index contributed by atoms with van der Waals surface area (Å²) >= 11 is 0. The number of piperidine rings is 1. The molecule has 0 saturated carbocycles. The van der Waals surface area contributed by atoms with Gasteiger partial charge in [-0.05, 0) is 39.0 Å². The van der Waals surface area contributed by atoms with Crippen LogP contribution in [-0.2, 0) is 9.47 Å². The van der Waals surface area contributed by atoms with Gasteiger partial charge in [0.15, 0.2) is 0 Å². The molecule has 0 aromatic rings. The first-order chi connectivity index (χ1) is 12.0. The van der Waals surface area contributed by atoms with Gasteiger partial charge in [-0.3, -0.25) is 10.2 Å². The van der Waals surface area contributed by atoms with Crippen molar-refractivity contribution in [2.45, 2.75) is 70.4 Å². The molecule has 0 aromatic carbocycles. The molecule has 0 amide bonds. The average molecular weight is 359 g/mol. The van der Waals surface area contributed by atoms with Crippen molar-refractivity contribution in [2.24, 2.45) is 0 Å². The zero-order chi connectivity index (χ0) is 18.5. The number of likely N-dealkylation sites (tertiary alicyclic amines) is 1. The molecule has 1 heterocycles. The Kier molecular flexibility index (Phi) is 11.5. The molecule has 2 unspecified atom stereocenters. The van der Waals surface area contributed by atoms with E-state index in [1.165, 1.54) is 0 Å². The Morgan fingerprint density at radius 2 is 2.04 bits per heavy atom. The molecule has 6 nitrogen and oxygen atoms in total. The van der Waals surface area contributed by atoms with Crippen LogP contribution in [0.1, 0.15) is 52.4 Å². The van der Waals surface area contributed by atoms with Crippen LogP contribution in [0.4, 0.5) is 0 Å². The van der Waals surface area contributed by atoms with Crippen molar-refractivity contribution < 1.29 is 19.7 Å². The fourth-order valence-corrected chi connectivity index (χ4v) is 3.27. The van der Waals surface area contributed by atoms with Gasteiger partial charge in [-0.1, -0.05) is 19.4 Å². The van der Waals surface area contributed by atoms with Gasteiger partial charge in [0, 0.05) is 26.3 Å². The van der Waals surface area contributed by atoms with Gasteiger partial charge in [-0.15, -0.1) is 6.58 Å². The summed E-state index contributed by atoms with van der Waals surface area (Å²) < 4.78 is 11.3. The predicted octanol–water partition coefficient (Wildman–Crippen LogP) is 1.87. The van der Waals surface area contributed by atoms with Crippen LogP contribution < -0.4 is 5.32 Å². The standard InChI is InChI=1S/C19H38N2O4/c1-4-7-18(20-19(3,23)10-5-2)21-11-8-17(9-12-21)25-16-15-24-14-6-13-22/h4,17-18,20,22-23H,1,5-16H2,2-3H3. The summed E-state index contributed by atoms with van der Waals surface area (Å²) in [6.07, 6.45) is 7.44. The molecule has 1 aliphatic heterocycles. The summed E-state index contributed by atoms with van der Waals surface area (Å²) in [4.78, 5) is 2.38. The monoisotopic (exact) mass is 358 g/mol. The van der Waals surface area contributed by atoms with Gasteiger partial charge in [-0.2, -0.15) is 0 Å². The number of hydrogen-bond donors (Lipinski definition) is 3. The van der Waals surface area contributed by atoms with Crippen molar-refractivity contribution in [1.82, 2.24) is 10.2 Å². The van der Waals surface area contributed by atoms with E-state index in [1.807, 2.05) is 13.0 Å². The minimum atomic E-state index is -0.846. The number of ether oxygens (including phenoxy) is 2. The molecule has 2 atom stereocenters. The highest BCUT2D eigenvalue weighted by Gasteiger charge is 2.29. The zero-order valence-corrected chi connectivity index (χ0v) is 16.1. The van der Waals surface area contributed by atoms with Crippen molar-refractivity contribution in [1.29, 1.82) is 0 Å². The highest BCUT2D eigenvalue weighted by molar-refractivity contribution is 4.86. The summed E-state index contributed by atoms with van der Waals surface area (Å²) in [5.74, 6) is 0. The number of nitrogens with zero attached hydrogens (tertiary/aromatic N) is 1. The second kappa shape index (κ2) is 12.8. The number of aliphatic hydroxyl groups excluding tert-OH is 1. The summed E-state index contributed by atoms with van der Waals surface area (Å²) in [7, 11) is 0. The van der Waals surface area contributed by atoms with Gasteiger partial charge in [0.1, 0.15) is 5.72 Å². The van der Waals surface area contributed by atoms with Gasteiger partial charge >= 0.3 is 0 Å². The van der Waals surface area contributed by atoms with Crippen molar-refractivity contribution in [2.75, 3.05) is 39.5 Å². The lowest BCUT2D eigenvalue weighted by Gasteiger charge is -2.41. The molecule has 1 aliphatic rings. The molecule has 3 N–H and O–H groups in total. The summed E-state index contributed by atoms with van der Waals surface area (Å²) in [6, 6.07) is 0. The van der Waals surface area contributed by atoms with E-state index in [9.17, 15) is 5.11 Å². The van der Waals surface area contributed by atoms with E-state index < -0.39 is 5.72 Å². The molecule has 1 saturated heterocycles. The molecular weight excluding hydrogens is 320 g/mol. The molecule has 0 bridgehead atoms. The number of aliphatic hydroxyl groups is 2. The van der Waals surface area contributed by atoms with E-state index in [4.69, 9.17) is 14.6 Å². The maximum atomic E-state index is 10.5. The average Bonchev–Trinajstić information content (AvgIpc) is 2.58. The molecule has 0 radical (unpaired) electrons. The minimum Gasteiger partial charge on any atom is -0.396 e. The Bertz CT molecular complexity index is 344. The Hall–Kier alpha value is -0.500. The lowest BCUT2D eigenvalue weighted by Crippen LogP contribution is -2.57. The van der Waals surface area contributed by atoms with Crippen LogP contribution in [0.25, 0.3) is 0 Å². The SMILES string of the molecule is C=CCC(NC(C)(O)CCC)N1CCC(OCCOCCCO)CC1. The van der Waals surface area contributed by atoms with E-state index in [2.05, 4.69) is 23.7 Å². The molecule has 0 aromatic heterocycles. The normalized spacial score (nSPS) is 20.3. The molecule has 1 rings (SSSR count). The fourth-order valence-electron chi connectivity index (χ4n) is 3.27. The number of rotatable bonds is 14. The maximum absolute atomic E-state index is 10.5. The first-order valence-corrected chi connectivity index (χ1v) is 9.67. The first-order valence-electron chi connectivity index (χ1n) is 9.67. The minimum absolute atomic E-state index is 0.113. The largest absolute Gasteiger partial charge is 0.396 e. The predicted molar refractivity (Wildman–Crippen MR) is 100 cm³/mol. The van der Waals surface area contributed by atoms with Crippen molar-refractivity contribution in [3.63, 3.8) is 0 Å². The number of nitrogens with one attached hydrogen (secondary N) is 1. The third-order valence-electron chi connectivity index (χ3n) is 4.55. The molecule has 1 fully saturated rings. The quantitative estimate of drug-likeness (QED) is 0.250. The van der Waals surface area contributed by atoms with Crippen LogP contribution >= 0.6 is 0 Å². The Labute approximate surface area is 153 Å². The van der Waals surface area contributed by atoms with Gasteiger partial charge in [0.05, 0.1) is 25.5 Å². The van der Waals surface area contributed by atoms with Crippen molar-refractivity contribution in [3.05, 3.63) is 12.7 Å². The Morgan fingerprint density at radius 3 is 2.64 bits per heavy atom. The molecule has 0 spiro atoms. The summed E-state index contributed by atoms with van der Waals surface area (Å²) in [5, 5.41) is 22.5. The van der Waals surface area contributed by atoms with Crippen LogP contribution in [0.15, 0.2) is 12.7 Å². The fraction of sp³-hybridized carbons (Fsp3) is 0.895. The summed E-state index contributed by atoms with van der Waals surface area (Å²) in [6.45, 7) is 11.6. The van der Waals surface area contributed by atoms with Gasteiger partial charge in [-0.25, -0.2) is 0 Å². The van der Waals surface area contributed by atoms with Crippen LogP contribution in [-0.4, -0.2) is 72.6 Å². The van der Waals surface area contributed by atoms with Crippen LogP contribution in [0.5, 0.6) is 0 Å². The van der Waals surface area contributed by atoms with E-state index in [0.717, 1.165) is 45.2 Å². The van der Waals surface area contributed by atoms with Crippen molar-refractivity contribution in [3.8, 4) is 0 Å².